The van der Waals surface area contributed by atoms with E-state index in [1.807, 2.05) is 0 Å². The fourth-order valence-corrected chi connectivity index (χ4v) is 2.40. The van der Waals surface area contributed by atoms with Gasteiger partial charge in [0.2, 0.25) is 0 Å². The molecule has 0 aliphatic carbocycles. The van der Waals surface area contributed by atoms with Crippen LogP contribution in [0.5, 0.6) is 0 Å². The first-order valence-electron chi connectivity index (χ1n) is 6.39. The molecule has 0 rings (SSSR count). The van der Waals surface area contributed by atoms with Crippen LogP contribution in [0, 0.1) is 11.3 Å². The Balaban J connectivity index is 4.22. The van der Waals surface area contributed by atoms with Crippen LogP contribution in [0.2, 0.25) is 0 Å². The number of hydrogen-bond acceptors (Lipinski definition) is 3. The van der Waals surface area contributed by atoms with Crippen molar-refractivity contribution in [2.75, 3.05) is 32.0 Å². The summed E-state index contributed by atoms with van der Waals surface area (Å²) in [6, 6.07) is 0. The Labute approximate surface area is 107 Å². The van der Waals surface area contributed by atoms with E-state index in [1.54, 1.807) is 0 Å². The minimum absolute atomic E-state index is 0.257. The van der Waals surface area contributed by atoms with Crippen molar-refractivity contribution in [2.24, 2.45) is 11.3 Å². The standard InChI is InChI=1S/C13H29NOS/c1-5-6-7-14(8-9-15)10-12(11-16)13(2,3)4/h12,15-16H,5-11H2,1-4H3. The summed E-state index contributed by atoms with van der Waals surface area (Å²) in [6.07, 6.45) is 2.42. The van der Waals surface area contributed by atoms with Gasteiger partial charge in [-0.1, -0.05) is 34.1 Å². The molecular weight excluding hydrogens is 218 g/mol. The molecule has 98 valence electrons. The normalized spacial score (nSPS) is 14.4. The topological polar surface area (TPSA) is 23.5 Å². The summed E-state index contributed by atoms with van der Waals surface area (Å²) in [7, 11) is 0. The molecule has 3 heteroatoms. The van der Waals surface area contributed by atoms with Gasteiger partial charge in [0.1, 0.15) is 0 Å². The van der Waals surface area contributed by atoms with Crippen molar-refractivity contribution >= 4 is 12.6 Å². The zero-order valence-corrected chi connectivity index (χ0v) is 12.3. The van der Waals surface area contributed by atoms with Crippen molar-refractivity contribution < 1.29 is 5.11 Å². The molecule has 1 unspecified atom stereocenters. The monoisotopic (exact) mass is 247 g/mol. The van der Waals surface area contributed by atoms with Crippen LogP contribution < -0.4 is 0 Å². The van der Waals surface area contributed by atoms with Crippen LogP contribution in [0.1, 0.15) is 40.5 Å². The molecule has 0 saturated carbocycles. The molecule has 0 fully saturated rings. The van der Waals surface area contributed by atoms with Gasteiger partial charge >= 0.3 is 0 Å². The van der Waals surface area contributed by atoms with Crippen LogP contribution >= 0.6 is 12.6 Å². The number of nitrogens with zero attached hydrogens (tertiary/aromatic N) is 1. The smallest absolute Gasteiger partial charge is 0.0558 e. The predicted octanol–water partition coefficient (Wildman–Crippen LogP) is 2.67. The van der Waals surface area contributed by atoms with Crippen LogP contribution in [0.3, 0.4) is 0 Å². The Morgan fingerprint density at radius 2 is 1.88 bits per heavy atom. The molecule has 0 saturated heterocycles. The third-order valence-electron chi connectivity index (χ3n) is 3.17. The maximum atomic E-state index is 9.06. The van der Waals surface area contributed by atoms with E-state index in [0.717, 1.165) is 25.4 Å². The molecular formula is C13H29NOS. The van der Waals surface area contributed by atoms with E-state index < -0.39 is 0 Å². The van der Waals surface area contributed by atoms with E-state index >= 15 is 0 Å². The summed E-state index contributed by atoms with van der Waals surface area (Å²) in [4.78, 5) is 2.37. The van der Waals surface area contributed by atoms with E-state index in [2.05, 4.69) is 45.2 Å². The van der Waals surface area contributed by atoms with Crippen LogP contribution in [0.4, 0.5) is 0 Å². The average Bonchev–Trinajstić information content (AvgIpc) is 2.20. The number of thiol groups is 1. The lowest BCUT2D eigenvalue weighted by molar-refractivity contribution is 0.137. The van der Waals surface area contributed by atoms with E-state index in [0.29, 0.717) is 11.3 Å². The van der Waals surface area contributed by atoms with Gasteiger partial charge in [0.05, 0.1) is 6.61 Å². The largest absolute Gasteiger partial charge is 0.395 e. The van der Waals surface area contributed by atoms with Gasteiger partial charge in [-0.15, -0.1) is 0 Å². The summed E-state index contributed by atoms with van der Waals surface area (Å²) in [6.45, 7) is 12.2. The number of unbranched alkanes of at least 4 members (excludes halogenated alkanes) is 1. The minimum Gasteiger partial charge on any atom is -0.395 e. The molecule has 0 spiro atoms. The third-order valence-corrected chi connectivity index (χ3v) is 3.61. The summed E-state index contributed by atoms with van der Waals surface area (Å²) < 4.78 is 0. The average molecular weight is 247 g/mol. The van der Waals surface area contributed by atoms with Crippen LogP contribution in [-0.4, -0.2) is 42.0 Å². The molecule has 0 radical (unpaired) electrons. The van der Waals surface area contributed by atoms with E-state index in [9.17, 15) is 0 Å². The predicted molar refractivity (Wildman–Crippen MR) is 75.2 cm³/mol. The zero-order valence-electron chi connectivity index (χ0n) is 11.4. The van der Waals surface area contributed by atoms with E-state index in [-0.39, 0.29) is 6.61 Å². The van der Waals surface area contributed by atoms with Crippen molar-refractivity contribution in [3.05, 3.63) is 0 Å². The van der Waals surface area contributed by atoms with Gasteiger partial charge in [0.15, 0.2) is 0 Å². The summed E-state index contributed by atoms with van der Waals surface area (Å²) in [5.41, 5.74) is 0.293. The van der Waals surface area contributed by atoms with Gasteiger partial charge in [0, 0.05) is 13.1 Å². The summed E-state index contributed by atoms with van der Waals surface area (Å²) in [5.74, 6) is 1.50. The van der Waals surface area contributed by atoms with E-state index in [4.69, 9.17) is 5.11 Å². The van der Waals surface area contributed by atoms with Gasteiger partial charge in [0.25, 0.3) is 0 Å². The molecule has 0 aromatic rings. The Hall–Kier alpha value is 0.270. The molecule has 0 heterocycles. The molecule has 0 aliphatic heterocycles. The highest BCUT2D eigenvalue weighted by Crippen LogP contribution is 2.27. The molecule has 1 atom stereocenters. The van der Waals surface area contributed by atoms with Crippen LogP contribution in [-0.2, 0) is 0 Å². The number of aliphatic hydroxyl groups excluding tert-OH is 1. The fraction of sp³-hybridized carbons (Fsp3) is 1.00. The molecule has 2 nitrogen and oxygen atoms in total. The van der Waals surface area contributed by atoms with Gasteiger partial charge < -0.3 is 10.0 Å². The third kappa shape index (κ3) is 6.77. The van der Waals surface area contributed by atoms with Gasteiger partial charge in [-0.25, -0.2) is 0 Å². The van der Waals surface area contributed by atoms with Crippen molar-refractivity contribution in [1.29, 1.82) is 0 Å². The highest BCUT2D eigenvalue weighted by molar-refractivity contribution is 7.80. The van der Waals surface area contributed by atoms with Gasteiger partial charge in [-0.2, -0.15) is 12.6 Å². The van der Waals surface area contributed by atoms with Crippen molar-refractivity contribution in [2.45, 2.75) is 40.5 Å². The fourth-order valence-electron chi connectivity index (χ4n) is 1.73. The minimum atomic E-state index is 0.257. The maximum absolute atomic E-state index is 9.06. The summed E-state index contributed by atoms with van der Waals surface area (Å²) in [5, 5.41) is 9.06. The number of hydrogen-bond donors (Lipinski definition) is 2. The second-order valence-corrected chi connectivity index (χ2v) is 5.99. The maximum Gasteiger partial charge on any atom is 0.0558 e. The Morgan fingerprint density at radius 3 is 2.25 bits per heavy atom. The van der Waals surface area contributed by atoms with Crippen molar-refractivity contribution in [3.63, 3.8) is 0 Å². The van der Waals surface area contributed by atoms with Crippen LogP contribution in [0.25, 0.3) is 0 Å². The van der Waals surface area contributed by atoms with Crippen LogP contribution in [0.15, 0.2) is 0 Å². The van der Waals surface area contributed by atoms with E-state index in [1.165, 1.54) is 12.8 Å². The molecule has 16 heavy (non-hydrogen) atoms. The molecule has 0 bridgehead atoms. The first-order valence-corrected chi connectivity index (χ1v) is 7.03. The quantitative estimate of drug-likeness (QED) is 0.644. The van der Waals surface area contributed by atoms with Gasteiger partial charge in [-0.3, -0.25) is 0 Å². The number of aliphatic hydroxyl groups is 1. The molecule has 0 aromatic carbocycles. The lowest BCUT2D eigenvalue weighted by Gasteiger charge is -2.34. The Bertz CT molecular complexity index is 168. The van der Waals surface area contributed by atoms with Gasteiger partial charge in [-0.05, 0) is 30.1 Å². The summed E-state index contributed by atoms with van der Waals surface area (Å²) >= 11 is 4.45. The highest BCUT2D eigenvalue weighted by Gasteiger charge is 2.25. The highest BCUT2D eigenvalue weighted by atomic mass is 32.1. The lowest BCUT2D eigenvalue weighted by Crippen LogP contribution is -2.38. The first-order chi connectivity index (χ1) is 7.45. The Kier molecular flexibility index (Phi) is 8.52. The lowest BCUT2D eigenvalue weighted by atomic mass is 9.81. The SMILES string of the molecule is CCCCN(CCO)CC(CS)C(C)(C)C. The van der Waals surface area contributed by atoms with Crippen molar-refractivity contribution in [1.82, 2.24) is 4.90 Å². The molecule has 0 aromatic heterocycles. The second kappa shape index (κ2) is 8.37. The Morgan fingerprint density at radius 1 is 1.25 bits per heavy atom. The molecule has 1 N–H and O–H groups in total. The second-order valence-electron chi connectivity index (χ2n) is 5.62. The number of rotatable bonds is 8. The molecule has 0 amide bonds. The van der Waals surface area contributed by atoms with Crippen molar-refractivity contribution in [3.8, 4) is 0 Å². The molecule has 0 aliphatic rings. The zero-order chi connectivity index (χ0) is 12.6. The first kappa shape index (κ1) is 16.3.